The zero-order chi connectivity index (χ0) is 20.7. The number of nitrogens with one attached hydrogen (secondary N) is 2. The third kappa shape index (κ3) is 5.90. The van der Waals surface area contributed by atoms with Gasteiger partial charge in [-0.15, -0.1) is 0 Å². The maximum absolute atomic E-state index is 12.3. The van der Waals surface area contributed by atoms with E-state index >= 15 is 0 Å². The van der Waals surface area contributed by atoms with E-state index in [0.717, 1.165) is 0 Å². The lowest BCUT2D eigenvalue weighted by Crippen LogP contribution is -2.41. The number of benzene rings is 1. The van der Waals surface area contributed by atoms with E-state index in [9.17, 15) is 19.2 Å². The molecule has 0 saturated carbocycles. The quantitative estimate of drug-likeness (QED) is 0.617. The van der Waals surface area contributed by atoms with Gasteiger partial charge >= 0.3 is 5.97 Å². The summed E-state index contributed by atoms with van der Waals surface area (Å²) in [7, 11) is 1.60. The van der Waals surface area contributed by atoms with Crippen LogP contribution in [-0.2, 0) is 32.6 Å². The van der Waals surface area contributed by atoms with Gasteiger partial charge in [-0.25, -0.2) is 4.98 Å². The van der Waals surface area contributed by atoms with Crippen LogP contribution in [0, 0.1) is 0 Å². The Hall–Kier alpha value is -3.23. The summed E-state index contributed by atoms with van der Waals surface area (Å²) in [5.74, 6) is -1.03. The zero-order valence-electron chi connectivity index (χ0n) is 16.2. The summed E-state index contributed by atoms with van der Waals surface area (Å²) in [6.45, 7) is 2.96. The standard InChI is InChI=1S/C19H24N4O5/c1-12(2)21-16(24)10-20-17(25)11-28-18(26)9-8-15-22-14-7-5-4-6-13(14)19(27)23(15)3/h4-7,12H,8-11H2,1-3H3,(H,20,25)(H,21,24). The van der Waals surface area contributed by atoms with Crippen molar-refractivity contribution in [2.75, 3.05) is 13.2 Å². The Labute approximate surface area is 162 Å². The number of aromatic nitrogens is 2. The first kappa shape index (κ1) is 21.1. The molecule has 2 amide bonds. The number of amides is 2. The first-order valence-corrected chi connectivity index (χ1v) is 8.94. The van der Waals surface area contributed by atoms with Crippen molar-refractivity contribution < 1.29 is 19.1 Å². The van der Waals surface area contributed by atoms with Gasteiger partial charge in [0.25, 0.3) is 11.5 Å². The largest absolute Gasteiger partial charge is 0.456 e. The number of carbonyl (C=O) groups is 3. The maximum atomic E-state index is 12.3. The van der Waals surface area contributed by atoms with Crippen LogP contribution in [0.15, 0.2) is 29.1 Å². The van der Waals surface area contributed by atoms with Gasteiger partial charge in [-0.1, -0.05) is 12.1 Å². The van der Waals surface area contributed by atoms with Crippen LogP contribution >= 0.6 is 0 Å². The Kier molecular flexibility index (Phi) is 7.25. The Morgan fingerprint density at radius 1 is 1.18 bits per heavy atom. The van der Waals surface area contributed by atoms with E-state index in [4.69, 9.17) is 4.74 Å². The topological polar surface area (TPSA) is 119 Å². The van der Waals surface area contributed by atoms with Crippen LogP contribution in [0.3, 0.4) is 0 Å². The van der Waals surface area contributed by atoms with Gasteiger partial charge in [0, 0.05) is 19.5 Å². The third-order valence-corrected chi connectivity index (χ3v) is 3.89. The number of para-hydroxylation sites is 1. The predicted octanol–water partition coefficient (Wildman–Crippen LogP) is 0.0501. The van der Waals surface area contributed by atoms with Gasteiger partial charge in [0.15, 0.2) is 6.61 Å². The number of esters is 1. The molecule has 2 N–H and O–H groups in total. The fraction of sp³-hybridized carbons (Fsp3) is 0.421. The molecule has 0 aliphatic carbocycles. The Balaban J connectivity index is 1.82. The van der Waals surface area contributed by atoms with Crippen molar-refractivity contribution >= 4 is 28.7 Å². The lowest BCUT2D eigenvalue weighted by molar-refractivity contribution is -0.148. The molecule has 0 bridgehead atoms. The molecular formula is C19H24N4O5. The van der Waals surface area contributed by atoms with Crippen LogP contribution in [0.2, 0.25) is 0 Å². The fourth-order valence-corrected chi connectivity index (χ4v) is 2.52. The first-order valence-electron chi connectivity index (χ1n) is 8.94. The molecule has 1 heterocycles. The molecule has 9 nitrogen and oxygen atoms in total. The van der Waals surface area contributed by atoms with E-state index in [2.05, 4.69) is 15.6 Å². The first-order chi connectivity index (χ1) is 13.3. The van der Waals surface area contributed by atoms with Crippen molar-refractivity contribution in [2.24, 2.45) is 7.05 Å². The molecule has 1 aromatic carbocycles. The number of carbonyl (C=O) groups excluding carboxylic acids is 3. The van der Waals surface area contributed by atoms with Crippen molar-refractivity contribution in [3.63, 3.8) is 0 Å². The molecule has 1 aromatic heterocycles. The van der Waals surface area contributed by atoms with Crippen LogP contribution in [-0.4, -0.2) is 46.5 Å². The summed E-state index contributed by atoms with van der Waals surface area (Å²) in [5.41, 5.74) is 0.376. The number of ether oxygens (including phenoxy) is 1. The van der Waals surface area contributed by atoms with Gasteiger partial charge in [0.05, 0.1) is 23.9 Å². The lowest BCUT2D eigenvalue weighted by atomic mass is 10.2. The third-order valence-electron chi connectivity index (χ3n) is 3.89. The average molecular weight is 388 g/mol. The SMILES string of the molecule is CC(C)NC(=O)CNC(=O)COC(=O)CCc1nc2ccccc2c(=O)n1C. The zero-order valence-corrected chi connectivity index (χ0v) is 16.2. The van der Waals surface area contributed by atoms with E-state index in [1.807, 2.05) is 13.8 Å². The molecule has 0 unspecified atom stereocenters. The number of hydrogen-bond acceptors (Lipinski definition) is 6. The number of fused-ring (bicyclic) bond motifs is 1. The second kappa shape index (κ2) is 9.63. The number of rotatable bonds is 8. The smallest absolute Gasteiger partial charge is 0.306 e. The van der Waals surface area contributed by atoms with Gasteiger partial charge < -0.3 is 15.4 Å². The van der Waals surface area contributed by atoms with E-state index in [1.165, 1.54) is 4.57 Å². The molecule has 2 rings (SSSR count). The Morgan fingerprint density at radius 3 is 2.61 bits per heavy atom. The molecule has 150 valence electrons. The minimum absolute atomic E-state index is 0.0260. The predicted molar refractivity (Wildman–Crippen MR) is 103 cm³/mol. The molecule has 0 saturated heterocycles. The van der Waals surface area contributed by atoms with Gasteiger partial charge in [-0.2, -0.15) is 0 Å². The highest BCUT2D eigenvalue weighted by Crippen LogP contribution is 2.08. The molecule has 0 spiro atoms. The summed E-state index contributed by atoms with van der Waals surface area (Å²) in [6.07, 6.45) is 0.174. The molecule has 28 heavy (non-hydrogen) atoms. The summed E-state index contributed by atoms with van der Waals surface area (Å²) < 4.78 is 6.30. The minimum atomic E-state index is -0.593. The Bertz CT molecular complexity index is 936. The van der Waals surface area contributed by atoms with Crippen molar-refractivity contribution in [3.05, 3.63) is 40.4 Å². The molecule has 0 fully saturated rings. The molecule has 0 aliphatic heterocycles. The van der Waals surface area contributed by atoms with Gasteiger partial charge in [0.1, 0.15) is 5.82 Å². The van der Waals surface area contributed by atoms with Gasteiger partial charge in [-0.3, -0.25) is 23.7 Å². The van der Waals surface area contributed by atoms with Crippen LogP contribution in [0.25, 0.3) is 10.9 Å². The molecule has 0 aliphatic rings. The normalized spacial score (nSPS) is 10.7. The second-order valence-electron chi connectivity index (χ2n) is 6.57. The summed E-state index contributed by atoms with van der Waals surface area (Å²) >= 11 is 0. The fourth-order valence-electron chi connectivity index (χ4n) is 2.52. The van der Waals surface area contributed by atoms with Gasteiger partial charge in [0.2, 0.25) is 5.91 Å². The van der Waals surface area contributed by atoms with E-state index in [0.29, 0.717) is 16.7 Å². The average Bonchev–Trinajstić information content (AvgIpc) is 2.66. The number of nitrogens with zero attached hydrogens (tertiary/aromatic N) is 2. The maximum Gasteiger partial charge on any atom is 0.306 e. The summed E-state index contributed by atoms with van der Waals surface area (Å²) in [4.78, 5) is 51.7. The van der Waals surface area contributed by atoms with Crippen LogP contribution in [0.5, 0.6) is 0 Å². The molecule has 2 aromatic rings. The van der Waals surface area contributed by atoms with Crippen molar-refractivity contribution in [1.82, 2.24) is 20.2 Å². The number of hydrogen-bond donors (Lipinski definition) is 2. The highest BCUT2D eigenvalue weighted by atomic mass is 16.5. The van der Waals surface area contributed by atoms with Crippen molar-refractivity contribution in [2.45, 2.75) is 32.7 Å². The Morgan fingerprint density at radius 2 is 1.89 bits per heavy atom. The van der Waals surface area contributed by atoms with E-state index < -0.39 is 18.5 Å². The highest BCUT2D eigenvalue weighted by Gasteiger charge is 2.13. The molecule has 0 radical (unpaired) electrons. The van der Waals surface area contributed by atoms with Crippen LogP contribution in [0.1, 0.15) is 26.1 Å². The monoisotopic (exact) mass is 388 g/mol. The minimum Gasteiger partial charge on any atom is -0.456 e. The summed E-state index contributed by atoms with van der Waals surface area (Å²) in [5, 5.41) is 5.50. The van der Waals surface area contributed by atoms with Crippen LogP contribution in [0.4, 0.5) is 0 Å². The van der Waals surface area contributed by atoms with Crippen molar-refractivity contribution in [1.29, 1.82) is 0 Å². The van der Waals surface area contributed by atoms with E-state index in [-0.39, 0.29) is 36.9 Å². The highest BCUT2D eigenvalue weighted by molar-refractivity contribution is 5.86. The lowest BCUT2D eigenvalue weighted by Gasteiger charge is -2.10. The molecular weight excluding hydrogens is 364 g/mol. The summed E-state index contributed by atoms with van der Waals surface area (Å²) in [6, 6.07) is 6.95. The van der Waals surface area contributed by atoms with Crippen LogP contribution < -0.4 is 16.2 Å². The molecule has 0 atom stereocenters. The van der Waals surface area contributed by atoms with Crippen molar-refractivity contribution in [3.8, 4) is 0 Å². The van der Waals surface area contributed by atoms with Gasteiger partial charge in [-0.05, 0) is 26.0 Å². The molecule has 9 heteroatoms. The second-order valence-corrected chi connectivity index (χ2v) is 6.57. The number of aryl methyl sites for hydroxylation is 1. The van der Waals surface area contributed by atoms with E-state index in [1.54, 1.807) is 31.3 Å².